The maximum atomic E-state index is 12.2. The zero-order valence-electron chi connectivity index (χ0n) is 10.6. The normalized spacial score (nSPS) is 19.3. The Hall–Kier alpha value is -2.04. The van der Waals surface area contributed by atoms with Crippen molar-refractivity contribution in [2.75, 3.05) is 12.0 Å². The molecule has 1 heterocycles. The van der Waals surface area contributed by atoms with Crippen molar-refractivity contribution in [1.29, 1.82) is 0 Å². The Labute approximate surface area is 106 Å². The van der Waals surface area contributed by atoms with Crippen LogP contribution in [0.1, 0.15) is 13.8 Å². The predicted molar refractivity (Wildman–Crippen MR) is 67.6 cm³/mol. The molecule has 0 aliphatic carbocycles. The van der Waals surface area contributed by atoms with Gasteiger partial charge in [-0.25, -0.2) is 9.69 Å². The summed E-state index contributed by atoms with van der Waals surface area (Å²) in [6.07, 6.45) is 0. The fraction of sp³-hybridized carbons (Fsp3) is 0.385. The maximum absolute atomic E-state index is 12.2. The van der Waals surface area contributed by atoms with Crippen molar-refractivity contribution in [2.45, 2.75) is 19.9 Å². The van der Waals surface area contributed by atoms with Gasteiger partial charge in [-0.1, -0.05) is 26.0 Å². The Morgan fingerprint density at radius 3 is 2.50 bits per heavy atom. The van der Waals surface area contributed by atoms with Gasteiger partial charge in [-0.3, -0.25) is 4.79 Å². The van der Waals surface area contributed by atoms with Crippen LogP contribution < -0.4 is 15.0 Å². The summed E-state index contributed by atoms with van der Waals surface area (Å²) in [5, 5.41) is 2.68. The van der Waals surface area contributed by atoms with E-state index in [0.717, 1.165) is 4.90 Å². The Kier molecular flexibility index (Phi) is 3.23. The number of carbonyl (C=O) groups is 2. The van der Waals surface area contributed by atoms with Gasteiger partial charge in [0.15, 0.2) is 0 Å². The van der Waals surface area contributed by atoms with Crippen LogP contribution in [0.25, 0.3) is 0 Å². The van der Waals surface area contributed by atoms with E-state index in [-0.39, 0.29) is 11.8 Å². The number of anilines is 1. The molecule has 0 spiro atoms. The Balaban J connectivity index is 2.39. The first-order valence-corrected chi connectivity index (χ1v) is 5.83. The standard InChI is InChI=1S/C13H16N2O3/c1-8(2)11-12(16)15(13(17)14-11)9-6-4-5-7-10(9)18-3/h4-8,11H,1-3H3,(H,14,17). The van der Waals surface area contributed by atoms with E-state index in [1.54, 1.807) is 24.3 Å². The average molecular weight is 248 g/mol. The van der Waals surface area contributed by atoms with Crippen molar-refractivity contribution in [3.05, 3.63) is 24.3 Å². The van der Waals surface area contributed by atoms with Gasteiger partial charge in [-0.2, -0.15) is 0 Å². The van der Waals surface area contributed by atoms with E-state index >= 15 is 0 Å². The van der Waals surface area contributed by atoms with Gasteiger partial charge in [-0.05, 0) is 18.1 Å². The lowest BCUT2D eigenvalue weighted by atomic mass is 10.0. The van der Waals surface area contributed by atoms with Crippen LogP contribution in [0, 0.1) is 5.92 Å². The zero-order valence-corrected chi connectivity index (χ0v) is 10.6. The predicted octanol–water partition coefficient (Wildman–Crippen LogP) is 1.78. The molecule has 1 fully saturated rings. The van der Waals surface area contributed by atoms with Crippen LogP contribution in [-0.4, -0.2) is 25.1 Å². The van der Waals surface area contributed by atoms with Crippen LogP contribution in [0.15, 0.2) is 24.3 Å². The monoisotopic (exact) mass is 248 g/mol. The number of urea groups is 1. The number of rotatable bonds is 3. The second kappa shape index (κ2) is 4.68. The molecule has 0 saturated carbocycles. The van der Waals surface area contributed by atoms with Crippen LogP contribution in [0.2, 0.25) is 0 Å². The van der Waals surface area contributed by atoms with Gasteiger partial charge in [0.25, 0.3) is 5.91 Å². The van der Waals surface area contributed by atoms with Gasteiger partial charge in [0.05, 0.1) is 12.8 Å². The molecule has 1 aromatic carbocycles. The molecule has 1 aliphatic rings. The smallest absolute Gasteiger partial charge is 0.329 e. The van der Waals surface area contributed by atoms with E-state index in [2.05, 4.69) is 5.32 Å². The minimum atomic E-state index is -0.470. The van der Waals surface area contributed by atoms with Crippen LogP contribution in [0.5, 0.6) is 5.75 Å². The van der Waals surface area contributed by atoms with E-state index in [4.69, 9.17) is 4.74 Å². The Bertz CT molecular complexity index is 485. The molecule has 1 atom stereocenters. The Morgan fingerprint density at radius 1 is 1.28 bits per heavy atom. The van der Waals surface area contributed by atoms with Crippen LogP contribution in [-0.2, 0) is 4.79 Å². The topological polar surface area (TPSA) is 58.6 Å². The number of nitrogens with one attached hydrogen (secondary N) is 1. The minimum absolute atomic E-state index is 0.0566. The molecular formula is C13H16N2O3. The van der Waals surface area contributed by atoms with E-state index in [9.17, 15) is 9.59 Å². The summed E-state index contributed by atoms with van der Waals surface area (Å²) < 4.78 is 5.18. The van der Waals surface area contributed by atoms with Crippen molar-refractivity contribution in [3.8, 4) is 5.75 Å². The number of amides is 3. The molecule has 3 amide bonds. The van der Waals surface area contributed by atoms with Gasteiger partial charge in [0.2, 0.25) is 0 Å². The molecule has 1 saturated heterocycles. The zero-order chi connectivity index (χ0) is 13.3. The number of para-hydroxylation sites is 2. The van der Waals surface area contributed by atoms with Gasteiger partial charge < -0.3 is 10.1 Å². The first-order valence-electron chi connectivity index (χ1n) is 5.83. The molecule has 1 unspecified atom stereocenters. The summed E-state index contributed by atoms with van der Waals surface area (Å²) in [5.41, 5.74) is 0.477. The third-order valence-electron chi connectivity index (χ3n) is 2.96. The highest BCUT2D eigenvalue weighted by atomic mass is 16.5. The molecule has 0 radical (unpaired) electrons. The van der Waals surface area contributed by atoms with Crippen molar-refractivity contribution >= 4 is 17.6 Å². The van der Waals surface area contributed by atoms with Gasteiger partial charge in [-0.15, -0.1) is 0 Å². The number of ether oxygens (including phenoxy) is 1. The average Bonchev–Trinajstić information content (AvgIpc) is 2.65. The molecule has 18 heavy (non-hydrogen) atoms. The van der Waals surface area contributed by atoms with Gasteiger partial charge >= 0.3 is 6.03 Å². The van der Waals surface area contributed by atoms with Crippen LogP contribution in [0.4, 0.5) is 10.5 Å². The molecule has 96 valence electrons. The second-order valence-electron chi connectivity index (χ2n) is 4.52. The first-order chi connectivity index (χ1) is 8.56. The fourth-order valence-corrected chi connectivity index (χ4v) is 1.99. The number of hydrogen-bond acceptors (Lipinski definition) is 3. The van der Waals surface area contributed by atoms with Crippen molar-refractivity contribution in [1.82, 2.24) is 5.32 Å². The Morgan fingerprint density at radius 2 is 1.94 bits per heavy atom. The fourth-order valence-electron chi connectivity index (χ4n) is 1.99. The molecule has 1 N–H and O–H groups in total. The SMILES string of the molecule is COc1ccccc1N1C(=O)NC(C(C)C)C1=O. The highest BCUT2D eigenvalue weighted by molar-refractivity contribution is 6.22. The number of benzene rings is 1. The summed E-state index contributed by atoms with van der Waals surface area (Å²) in [7, 11) is 1.51. The second-order valence-corrected chi connectivity index (χ2v) is 4.52. The molecule has 0 aromatic heterocycles. The van der Waals surface area contributed by atoms with Crippen LogP contribution >= 0.6 is 0 Å². The molecule has 0 bridgehead atoms. The van der Waals surface area contributed by atoms with Gasteiger partial charge in [0.1, 0.15) is 11.8 Å². The number of hydrogen-bond donors (Lipinski definition) is 1. The summed E-state index contributed by atoms with van der Waals surface area (Å²) >= 11 is 0. The maximum Gasteiger partial charge on any atom is 0.329 e. The van der Waals surface area contributed by atoms with Gasteiger partial charge in [0, 0.05) is 0 Å². The van der Waals surface area contributed by atoms with E-state index in [1.807, 2.05) is 13.8 Å². The summed E-state index contributed by atoms with van der Waals surface area (Å²) in [6.45, 7) is 3.79. The molecular weight excluding hydrogens is 232 g/mol. The van der Waals surface area contributed by atoms with E-state index in [1.165, 1.54) is 7.11 Å². The van der Waals surface area contributed by atoms with Crippen molar-refractivity contribution in [2.24, 2.45) is 5.92 Å². The first kappa shape index (κ1) is 12.4. The van der Waals surface area contributed by atoms with E-state index < -0.39 is 12.1 Å². The lowest BCUT2D eigenvalue weighted by molar-refractivity contribution is -0.119. The third kappa shape index (κ3) is 1.92. The number of carbonyl (C=O) groups excluding carboxylic acids is 2. The minimum Gasteiger partial charge on any atom is -0.495 e. The summed E-state index contributed by atoms with van der Waals surface area (Å²) in [4.78, 5) is 25.3. The number of imide groups is 1. The molecule has 5 heteroatoms. The van der Waals surface area contributed by atoms with Crippen molar-refractivity contribution in [3.63, 3.8) is 0 Å². The number of nitrogens with zero attached hydrogens (tertiary/aromatic N) is 1. The molecule has 5 nitrogen and oxygen atoms in total. The highest BCUT2D eigenvalue weighted by Crippen LogP contribution is 2.30. The summed E-state index contributed by atoms with van der Waals surface area (Å²) in [6, 6.07) is 6.10. The highest BCUT2D eigenvalue weighted by Gasteiger charge is 2.41. The lowest BCUT2D eigenvalue weighted by Gasteiger charge is -2.16. The number of methoxy groups -OCH3 is 1. The molecule has 1 aromatic rings. The van der Waals surface area contributed by atoms with Crippen molar-refractivity contribution < 1.29 is 14.3 Å². The third-order valence-corrected chi connectivity index (χ3v) is 2.96. The van der Waals surface area contributed by atoms with E-state index in [0.29, 0.717) is 11.4 Å². The van der Waals surface area contributed by atoms with Crippen LogP contribution in [0.3, 0.4) is 0 Å². The quantitative estimate of drug-likeness (QED) is 0.829. The summed E-state index contributed by atoms with van der Waals surface area (Å²) in [5.74, 6) is 0.325. The molecule has 1 aliphatic heterocycles. The molecule has 2 rings (SSSR count). The lowest BCUT2D eigenvalue weighted by Crippen LogP contribution is -2.34. The largest absolute Gasteiger partial charge is 0.495 e.